The Morgan fingerprint density at radius 2 is 1.82 bits per heavy atom. The molecule has 50 heavy (non-hydrogen) atoms. The van der Waals surface area contributed by atoms with Crippen molar-refractivity contribution >= 4 is 44.7 Å². The number of alkyl halides is 3. The number of urea groups is 1. The van der Waals surface area contributed by atoms with Gasteiger partial charge in [-0.1, -0.05) is 13.0 Å². The Morgan fingerprint density at radius 1 is 1.12 bits per heavy atom. The number of anilines is 2. The number of hydrogen-bond acceptors (Lipinski definition) is 8. The van der Waals surface area contributed by atoms with E-state index >= 15 is 0 Å². The maximum absolute atomic E-state index is 14.3. The van der Waals surface area contributed by atoms with Gasteiger partial charge in [0.05, 0.1) is 36.0 Å². The van der Waals surface area contributed by atoms with Crippen LogP contribution in [-0.4, -0.2) is 86.9 Å². The molecule has 1 aliphatic rings. The van der Waals surface area contributed by atoms with Gasteiger partial charge in [0.1, 0.15) is 9.96 Å². The summed E-state index contributed by atoms with van der Waals surface area (Å²) in [5.41, 5.74) is -0.371. The first-order valence-electron chi connectivity index (χ1n) is 16.2. The van der Waals surface area contributed by atoms with Crippen LogP contribution in [0.15, 0.2) is 64.2 Å². The van der Waals surface area contributed by atoms with Crippen molar-refractivity contribution in [2.75, 3.05) is 43.4 Å². The molecule has 2 aromatic carbocycles. The molecule has 3 aromatic rings. The van der Waals surface area contributed by atoms with Gasteiger partial charge in [-0.3, -0.25) is 9.52 Å². The monoisotopic (exact) mass is 740 g/mol. The molecule has 3 amide bonds. The molecule has 0 spiro atoms. The van der Waals surface area contributed by atoms with E-state index in [9.17, 15) is 36.3 Å². The molecule has 16 heteroatoms. The second-order valence-corrected chi connectivity index (χ2v) is 15.3. The van der Waals surface area contributed by atoms with Crippen LogP contribution in [0, 0.1) is 5.92 Å². The molecule has 2 heterocycles. The highest BCUT2D eigenvalue weighted by Gasteiger charge is 2.32. The largest absolute Gasteiger partial charge is 0.490 e. The van der Waals surface area contributed by atoms with Crippen LogP contribution in [0.25, 0.3) is 0 Å². The standard InChI is InChI=1S/C34H43F3N4O7S2/c1-22-19-41(23(2)21-42)32(43)28-18-27(39-50(45,46)31-9-7-17-49-31)14-15-29(28)48-24(3)8-5-6-16-47-30(22)20-40(4)33(44)38-26-12-10-25(11-13-26)34(35,36)37/h7,9-15,17-18,22-24,30,39,42H,5-6,8,16,19-21H2,1-4H3,(H,38,44)/t22-,23+,24-,30+/m1/s1. The Bertz CT molecular complexity index is 1690. The quantitative estimate of drug-likeness (QED) is 0.239. The Hall–Kier alpha value is -3.86. The maximum Gasteiger partial charge on any atom is 0.416 e. The summed E-state index contributed by atoms with van der Waals surface area (Å²) in [5, 5.41) is 14.4. The maximum atomic E-state index is 14.3. The fourth-order valence-corrected chi connectivity index (χ4v) is 7.43. The number of thiophene rings is 1. The number of rotatable bonds is 8. The lowest BCUT2D eigenvalue weighted by atomic mass is 10.0. The molecule has 11 nitrogen and oxygen atoms in total. The van der Waals surface area contributed by atoms with Crippen LogP contribution in [0.1, 0.15) is 56.0 Å². The van der Waals surface area contributed by atoms with Crippen molar-refractivity contribution in [2.45, 2.75) is 68.7 Å². The summed E-state index contributed by atoms with van der Waals surface area (Å²) in [6.45, 7) is 5.60. The minimum absolute atomic E-state index is 0.0912. The third-order valence-corrected chi connectivity index (χ3v) is 11.1. The van der Waals surface area contributed by atoms with Crippen LogP contribution in [0.5, 0.6) is 5.75 Å². The van der Waals surface area contributed by atoms with E-state index in [0.717, 1.165) is 29.9 Å². The van der Waals surface area contributed by atoms with Gasteiger partial charge < -0.3 is 29.7 Å². The average Bonchev–Trinajstić information content (AvgIpc) is 3.62. The van der Waals surface area contributed by atoms with Crippen molar-refractivity contribution in [3.05, 3.63) is 71.1 Å². The number of carbonyl (C=O) groups is 2. The third kappa shape index (κ3) is 10.3. The molecule has 1 aliphatic heterocycles. The van der Waals surface area contributed by atoms with Crippen LogP contribution < -0.4 is 14.8 Å². The minimum atomic E-state index is -4.50. The normalized spacial score (nSPS) is 20.2. The number of carbonyl (C=O) groups excluding carboxylic acids is 2. The van der Waals surface area contributed by atoms with E-state index in [0.29, 0.717) is 19.4 Å². The van der Waals surface area contributed by atoms with Crippen molar-refractivity contribution in [2.24, 2.45) is 5.92 Å². The van der Waals surface area contributed by atoms with Crippen molar-refractivity contribution in [3.8, 4) is 5.75 Å². The Morgan fingerprint density at radius 3 is 2.46 bits per heavy atom. The summed E-state index contributed by atoms with van der Waals surface area (Å²) in [7, 11) is -2.37. The van der Waals surface area contributed by atoms with Crippen LogP contribution in [0.3, 0.4) is 0 Å². The van der Waals surface area contributed by atoms with Gasteiger partial charge in [-0.15, -0.1) is 11.3 Å². The number of aliphatic hydroxyl groups is 1. The van der Waals surface area contributed by atoms with Gasteiger partial charge in [-0.2, -0.15) is 13.2 Å². The van der Waals surface area contributed by atoms with E-state index in [-0.39, 0.29) is 58.6 Å². The summed E-state index contributed by atoms with van der Waals surface area (Å²) < 4.78 is 80.0. The number of nitrogens with zero attached hydrogens (tertiary/aromatic N) is 2. The highest BCUT2D eigenvalue weighted by atomic mass is 32.2. The number of aliphatic hydroxyl groups excluding tert-OH is 1. The molecule has 3 N–H and O–H groups in total. The molecule has 0 saturated carbocycles. The van der Waals surface area contributed by atoms with Gasteiger partial charge in [0, 0.05) is 44.0 Å². The predicted molar refractivity (Wildman–Crippen MR) is 185 cm³/mol. The fraction of sp³-hybridized carbons (Fsp3) is 0.471. The molecule has 274 valence electrons. The Balaban J connectivity index is 1.58. The number of fused-ring (bicyclic) bond motifs is 1. The number of sulfonamides is 1. The van der Waals surface area contributed by atoms with Crippen molar-refractivity contribution in [1.29, 1.82) is 0 Å². The van der Waals surface area contributed by atoms with Crippen molar-refractivity contribution in [3.63, 3.8) is 0 Å². The summed E-state index contributed by atoms with van der Waals surface area (Å²) in [6.07, 6.45) is -3.31. The van der Waals surface area contributed by atoms with Gasteiger partial charge in [-0.05, 0) is 87.0 Å². The Kier molecular flexibility index (Phi) is 13.2. The number of likely N-dealkylation sites (N-methyl/N-ethyl adjacent to an activating group) is 1. The lowest BCUT2D eigenvalue weighted by Crippen LogP contribution is -2.48. The number of hydrogen-bond donors (Lipinski definition) is 3. The second kappa shape index (κ2) is 16.9. The third-order valence-electron chi connectivity index (χ3n) is 8.33. The van der Waals surface area contributed by atoms with Gasteiger partial charge in [-0.25, -0.2) is 13.2 Å². The lowest BCUT2D eigenvalue weighted by molar-refractivity contribution is -0.137. The smallest absolute Gasteiger partial charge is 0.416 e. The first kappa shape index (κ1) is 38.9. The molecule has 4 atom stereocenters. The fourth-order valence-electron chi connectivity index (χ4n) is 5.38. The molecule has 0 unspecified atom stereocenters. The summed E-state index contributed by atoms with van der Waals surface area (Å²) in [4.78, 5) is 30.2. The molecule has 0 radical (unpaired) electrons. The molecular formula is C34H43F3N4O7S2. The van der Waals surface area contributed by atoms with E-state index in [4.69, 9.17) is 9.47 Å². The SMILES string of the molecule is C[C@@H]1CCCCO[C@@H](CN(C)C(=O)Nc2ccc(C(F)(F)F)cc2)[C@H](C)CN([C@@H](C)CO)C(=O)c2cc(NS(=O)(=O)c3cccs3)ccc2O1. The van der Waals surface area contributed by atoms with Gasteiger partial charge in [0.2, 0.25) is 0 Å². The number of halogens is 3. The topological polar surface area (TPSA) is 138 Å². The summed E-state index contributed by atoms with van der Waals surface area (Å²) in [6, 6.07) is 10.5. The van der Waals surface area contributed by atoms with E-state index in [2.05, 4.69) is 10.0 Å². The highest BCUT2D eigenvalue weighted by molar-refractivity contribution is 7.94. The van der Waals surface area contributed by atoms with Crippen LogP contribution >= 0.6 is 11.3 Å². The zero-order valence-corrected chi connectivity index (χ0v) is 29.9. The number of benzene rings is 2. The van der Waals surface area contributed by atoms with Gasteiger partial charge >= 0.3 is 12.2 Å². The van der Waals surface area contributed by atoms with Crippen molar-refractivity contribution in [1.82, 2.24) is 9.80 Å². The van der Waals surface area contributed by atoms with Crippen LogP contribution in [-0.2, 0) is 20.9 Å². The molecule has 1 aromatic heterocycles. The number of ether oxygens (including phenoxy) is 2. The molecule has 0 saturated heterocycles. The zero-order valence-electron chi connectivity index (χ0n) is 28.3. The van der Waals surface area contributed by atoms with E-state index in [1.165, 1.54) is 47.2 Å². The second-order valence-electron chi connectivity index (χ2n) is 12.4. The molecule has 0 fully saturated rings. The van der Waals surface area contributed by atoms with Gasteiger partial charge in [0.25, 0.3) is 15.9 Å². The molecule has 0 aliphatic carbocycles. The molecule has 0 bridgehead atoms. The molecule has 4 rings (SSSR count). The van der Waals surface area contributed by atoms with Crippen LogP contribution in [0.4, 0.5) is 29.3 Å². The summed E-state index contributed by atoms with van der Waals surface area (Å²) >= 11 is 1.06. The van der Waals surface area contributed by atoms with E-state index < -0.39 is 45.8 Å². The predicted octanol–water partition coefficient (Wildman–Crippen LogP) is 6.53. The minimum Gasteiger partial charge on any atom is -0.490 e. The van der Waals surface area contributed by atoms with E-state index in [1.54, 1.807) is 24.4 Å². The van der Waals surface area contributed by atoms with Crippen LogP contribution in [0.2, 0.25) is 0 Å². The zero-order chi connectivity index (χ0) is 36.6. The number of nitrogens with one attached hydrogen (secondary N) is 2. The number of amides is 3. The Labute approximate surface area is 294 Å². The van der Waals surface area contributed by atoms with Gasteiger partial charge in [0.15, 0.2) is 0 Å². The summed E-state index contributed by atoms with van der Waals surface area (Å²) in [5.74, 6) is -0.600. The average molecular weight is 741 g/mol. The highest BCUT2D eigenvalue weighted by Crippen LogP contribution is 2.31. The first-order chi connectivity index (χ1) is 23.6. The van der Waals surface area contributed by atoms with Crippen molar-refractivity contribution < 1.29 is 45.8 Å². The lowest BCUT2D eigenvalue weighted by Gasteiger charge is -2.35. The first-order valence-corrected chi connectivity index (χ1v) is 18.5. The van der Waals surface area contributed by atoms with E-state index in [1.807, 2.05) is 13.8 Å². The molecular weight excluding hydrogens is 698 g/mol.